The molecule has 4 heterocycles. The van der Waals surface area contributed by atoms with Crippen LogP contribution in [0.4, 0.5) is 4.79 Å². The summed E-state index contributed by atoms with van der Waals surface area (Å²) in [5.74, 6) is 0.450. The van der Waals surface area contributed by atoms with Gasteiger partial charge in [-0.25, -0.2) is 4.79 Å². The maximum atomic E-state index is 13.1. The number of piperidine rings is 2. The highest BCUT2D eigenvalue weighted by Crippen LogP contribution is 2.60. The molecule has 1 saturated carbocycles. The van der Waals surface area contributed by atoms with Gasteiger partial charge in [0.2, 0.25) is 5.91 Å². The lowest BCUT2D eigenvalue weighted by atomic mass is 9.53. The molecule has 8 heteroatoms. The molecular weight excluding hydrogens is 418 g/mol. The molecule has 1 aromatic carbocycles. The van der Waals surface area contributed by atoms with E-state index in [0.29, 0.717) is 13.1 Å². The summed E-state index contributed by atoms with van der Waals surface area (Å²) < 4.78 is 0. The predicted molar refractivity (Wildman–Crippen MR) is 122 cm³/mol. The number of nitrogens with one attached hydrogen (secondary N) is 2. The van der Waals surface area contributed by atoms with Gasteiger partial charge in [0.1, 0.15) is 0 Å². The van der Waals surface area contributed by atoms with Crippen LogP contribution in [0.15, 0.2) is 30.5 Å². The van der Waals surface area contributed by atoms with Gasteiger partial charge < -0.3 is 26.0 Å². The first kappa shape index (κ1) is 21.0. The van der Waals surface area contributed by atoms with Crippen molar-refractivity contribution in [2.45, 2.75) is 44.2 Å². The number of aliphatic hydroxyl groups excluding tert-OH is 1. The Morgan fingerprint density at radius 3 is 2.58 bits per heavy atom. The second-order valence-corrected chi connectivity index (χ2v) is 10.6. The number of nitrogens with zero attached hydrogens (tertiary/aromatic N) is 2. The van der Waals surface area contributed by atoms with Crippen LogP contribution in [0.25, 0.3) is 5.70 Å². The quantitative estimate of drug-likeness (QED) is 0.516. The Morgan fingerprint density at radius 2 is 1.88 bits per heavy atom. The summed E-state index contributed by atoms with van der Waals surface area (Å²) in [5, 5.41) is 14.8. The highest BCUT2D eigenvalue weighted by molar-refractivity contribution is 5.79. The molecule has 2 saturated heterocycles. The third-order valence-corrected chi connectivity index (χ3v) is 9.14. The number of fused-ring (bicyclic) bond motifs is 3. The molecule has 1 aromatic rings. The molecule has 3 amide bonds. The van der Waals surface area contributed by atoms with Crippen molar-refractivity contribution in [2.24, 2.45) is 23.0 Å². The van der Waals surface area contributed by atoms with Crippen LogP contribution < -0.4 is 16.0 Å². The lowest BCUT2D eigenvalue weighted by Gasteiger charge is -2.58. The van der Waals surface area contributed by atoms with Crippen LogP contribution in [0.2, 0.25) is 0 Å². The van der Waals surface area contributed by atoms with Crippen LogP contribution in [-0.4, -0.2) is 65.8 Å². The predicted octanol–water partition coefficient (Wildman–Crippen LogP) is 0.266. The molecule has 4 aliphatic heterocycles. The fourth-order valence-electron chi connectivity index (χ4n) is 7.18. The first-order chi connectivity index (χ1) is 16.0. The summed E-state index contributed by atoms with van der Waals surface area (Å²) in [5.41, 5.74) is 9.20. The molecule has 3 unspecified atom stereocenters. The maximum absolute atomic E-state index is 13.1. The Bertz CT molecular complexity index is 994. The fourth-order valence-corrected chi connectivity index (χ4v) is 7.18. The fraction of sp³-hybridized carbons (Fsp3) is 0.600. The van der Waals surface area contributed by atoms with Gasteiger partial charge in [-0.2, -0.15) is 0 Å². The van der Waals surface area contributed by atoms with Gasteiger partial charge in [-0.3, -0.25) is 9.69 Å². The summed E-state index contributed by atoms with van der Waals surface area (Å²) in [6, 6.07) is 8.49. The number of carbonyl (C=O) groups is 2. The lowest BCUT2D eigenvalue weighted by Crippen LogP contribution is -3.16. The van der Waals surface area contributed by atoms with Crippen LogP contribution in [0.1, 0.15) is 49.3 Å². The third-order valence-electron chi connectivity index (χ3n) is 9.14. The van der Waals surface area contributed by atoms with E-state index < -0.39 is 0 Å². The highest BCUT2D eigenvalue weighted by Gasteiger charge is 2.59. The number of nitrogens with two attached hydrogens (primary N) is 1. The number of urea groups is 1. The number of amides is 3. The highest BCUT2D eigenvalue weighted by atomic mass is 16.3. The van der Waals surface area contributed by atoms with Gasteiger partial charge in [0.05, 0.1) is 37.6 Å². The maximum Gasteiger partial charge on any atom is 0.412 e. The van der Waals surface area contributed by atoms with E-state index in [1.165, 1.54) is 16.8 Å². The second kappa shape index (κ2) is 7.74. The third kappa shape index (κ3) is 3.18. The van der Waals surface area contributed by atoms with Crippen molar-refractivity contribution < 1.29 is 19.6 Å². The average Bonchev–Trinajstić information content (AvgIpc) is 3.44. The van der Waals surface area contributed by atoms with Crippen molar-refractivity contribution in [3.63, 3.8) is 0 Å². The molecule has 0 aromatic heterocycles. The number of primary amides is 1. The zero-order chi connectivity index (χ0) is 22.7. The van der Waals surface area contributed by atoms with E-state index in [1.54, 1.807) is 0 Å². The Hall–Kier alpha value is -2.58. The van der Waals surface area contributed by atoms with Crippen LogP contribution in [-0.2, 0) is 4.79 Å². The van der Waals surface area contributed by atoms with Crippen molar-refractivity contribution in [3.8, 4) is 0 Å². The molecular formula is C25H34N5O3+. The molecule has 0 bridgehead atoms. The van der Waals surface area contributed by atoms with E-state index in [-0.39, 0.29) is 41.3 Å². The number of hydrogen-bond donors (Lipinski definition) is 4. The zero-order valence-corrected chi connectivity index (χ0v) is 19.0. The van der Waals surface area contributed by atoms with Crippen molar-refractivity contribution in [3.05, 3.63) is 41.6 Å². The minimum absolute atomic E-state index is 0.00378. The molecule has 3 atom stereocenters. The zero-order valence-electron chi connectivity index (χ0n) is 19.0. The molecule has 3 fully saturated rings. The van der Waals surface area contributed by atoms with E-state index in [0.717, 1.165) is 56.8 Å². The Balaban J connectivity index is 1.09. The van der Waals surface area contributed by atoms with E-state index in [4.69, 9.17) is 5.73 Å². The van der Waals surface area contributed by atoms with E-state index >= 15 is 0 Å². The molecule has 5 N–H and O–H groups in total. The molecule has 0 radical (unpaired) electrons. The van der Waals surface area contributed by atoms with Crippen molar-refractivity contribution in [1.82, 2.24) is 15.1 Å². The Morgan fingerprint density at radius 1 is 1.15 bits per heavy atom. The van der Waals surface area contributed by atoms with Crippen LogP contribution in [0.3, 0.4) is 0 Å². The number of carbonyl (C=O) groups excluding carboxylic acids is 2. The molecule has 1 aliphatic carbocycles. The van der Waals surface area contributed by atoms with Gasteiger partial charge in [0.15, 0.2) is 0 Å². The lowest BCUT2D eigenvalue weighted by molar-refractivity contribution is -0.821. The van der Waals surface area contributed by atoms with Crippen LogP contribution in [0, 0.1) is 17.3 Å². The van der Waals surface area contributed by atoms with Crippen molar-refractivity contribution in [2.75, 3.05) is 32.8 Å². The van der Waals surface area contributed by atoms with Gasteiger partial charge in [-0.05, 0) is 24.8 Å². The monoisotopic (exact) mass is 452 g/mol. The topological polar surface area (TPSA) is 103 Å². The minimum Gasteiger partial charge on any atom is -0.392 e. The summed E-state index contributed by atoms with van der Waals surface area (Å²) >= 11 is 0. The number of benzene rings is 1. The standard InChI is InChI=1S/C25H33N5O3/c26-24(33)29-9-5-16(6-10-29)23(32)28-11-7-25(8-12-28)13-19(22(25)31)21-18-4-2-1-3-17(18)20-14-27-15-30(20)21/h1-4,14,16,19,21-22,27,31H,5-13,15H2,(H2,26,33)/p+1. The number of rotatable bonds is 2. The molecule has 6 rings (SSSR count). The molecule has 8 nitrogen and oxygen atoms in total. The molecule has 33 heavy (non-hydrogen) atoms. The summed E-state index contributed by atoms with van der Waals surface area (Å²) in [6.07, 6.45) is 5.97. The molecule has 176 valence electrons. The Kier molecular flexibility index (Phi) is 4.92. The van der Waals surface area contributed by atoms with Crippen molar-refractivity contribution >= 4 is 17.6 Å². The smallest absolute Gasteiger partial charge is 0.392 e. The van der Waals surface area contributed by atoms with Gasteiger partial charge in [0, 0.05) is 54.9 Å². The normalized spacial score (nSPS) is 34.2. The van der Waals surface area contributed by atoms with E-state index in [9.17, 15) is 14.7 Å². The molecule has 1 spiro atoms. The average molecular weight is 453 g/mol. The second-order valence-electron chi connectivity index (χ2n) is 10.6. The van der Waals surface area contributed by atoms with Gasteiger partial charge in [-0.15, -0.1) is 0 Å². The number of hydrogen-bond acceptors (Lipinski definition) is 5. The number of quaternary nitrogens is 1. The summed E-state index contributed by atoms with van der Waals surface area (Å²) in [6.45, 7) is 3.54. The van der Waals surface area contributed by atoms with Gasteiger partial charge in [0.25, 0.3) is 0 Å². The van der Waals surface area contributed by atoms with Gasteiger partial charge in [-0.1, -0.05) is 24.3 Å². The first-order valence-electron chi connectivity index (χ1n) is 12.4. The number of aliphatic hydroxyl groups is 1. The largest absolute Gasteiger partial charge is 0.412 e. The first-order valence-corrected chi connectivity index (χ1v) is 12.4. The van der Waals surface area contributed by atoms with Crippen LogP contribution >= 0.6 is 0 Å². The van der Waals surface area contributed by atoms with Crippen LogP contribution in [0.5, 0.6) is 0 Å². The summed E-state index contributed by atoms with van der Waals surface area (Å²) in [4.78, 5) is 29.7. The minimum atomic E-state index is -0.338. The number of likely N-dealkylation sites (tertiary alicyclic amines) is 2. The summed E-state index contributed by atoms with van der Waals surface area (Å²) in [7, 11) is 0. The van der Waals surface area contributed by atoms with E-state index in [2.05, 4.69) is 40.7 Å². The molecule has 5 aliphatic rings. The van der Waals surface area contributed by atoms with Crippen molar-refractivity contribution in [1.29, 1.82) is 0 Å². The van der Waals surface area contributed by atoms with E-state index in [1.807, 2.05) is 4.90 Å². The Labute approximate surface area is 194 Å². The van der Waals surface area contributed by atoms with Gasteiger partial charge >= 0.3 is 6.03 Å². The SMILES string of the molecule is NC(=O)[NH+]1CCC(C(=O)N2CCC3(CC2)CC(C2c4ccccc4C4=CNCN42)C3O)CC1.